The van der Waals surface area contributed by atoms with Crippen LogP contribution in [0.15, 0.2) is 18.2 Å². The smallest absolute Gasteiger partial charge is 0.129 e. The van der Waals surface area contributed by atoms with Crippen LogP contribution in [0.4, 0.5) is 4.39 Å². The molecule has 0 amide bonds. The van der Waals surface area contributed by atoms with E-state index in [2.05, 4.69) is 18.7 Å². The third-order valence-electron chi connectivity index (χ3n) is 3.89. The molecule has 1 heterocycles. The van der Waals surface area contributed by atoms with Gasteiger partial charge in [-0.1, -0.05) is 31.5 Å². The average Bonchev–Trinajstić information content (AvgIpc) is 2.32. The van der Waals surface area contributed by atoms with E-state index in [0.29, 0.717) is 29.0 Å². The van der Waals surface area contributed by atoms with Crippen molar-refractivity contribution < 1.29 is 4.39 Å². The molecule has 1 aromatic carbocycles. The Hall–Kier alpha value is -0.640. The number of hydrogen-bond acceptors (Lipinski definition) is 2. The van der Waals surface area contributed by atoms with Gasteiger partial charge in [0.15, 0.2) is 0 Å². The Kier molecular flexibility index (Phi) is 4.82. The summed E-state index contributed by atoms with van der Waals surface area (Å²) in [7, 11) is 0. The zero-order chi connectivity index (χ0) is 14.0. The lowest BCUT2D eigenvalue weighted by atomic mass is 9.89. The summed E-state index contributed by atoms with van der Waals surface area (Å²) >= 11 is 6.17. The third-order valence-corrected chi connectivity index (χ3v) is 4.22. The molecule has 3 atom stereocenters. The van der Waals surface area contributed by atoms with Gasteiger partial charge in [0, 0.05) is 30.2 Å². The van der Waals surface area contributed by atoms with Crippen molar-refractivity contribution in [3.8, 4) is 0 Å². The molecule has 1 aromatic rings. The van der Waals surface area contributed by atoms with Gasteiger partial charge in [-0.05, 0) is 30.4 Å². The highest BCUT2D eigenvalue weighted by molar-refractivity contribution is 6.31. The first-order chi connectivity index (χ1) is 9.02. The normalized spacial score (nSPS) is 26.4. The van der Waals surface area contributed by atoms with E-state index in [1.54, 1.807) is 12.1 Å². The monoisotopic (exact) mass is 284 g/mol. The number of benzene rings is 1. The number of nitrogens with zero attached hydrogens (tertiary/aromatic N) is 1. The second kappa shape index (κ2) is 6.21. The summed E-state index contributed by atoms with van der Waals surface area (Å²) in [5.74, 6) is 0.973. The van der Waals surface area contributed by atoms with Crippen LogP contribution in [0.1, 0.15) is 31.9 Å². The van der Waals surface area contributed by atoms with Crippen molar-refractivity contribution in [2.45, 2.75) is 26.3 Å². The topological polar surface area (TPSA) is 29.3 Å². The van der Waals surface area contributed by atoms with Crippen molar-refractivity contribution in [2.24, 2.45) is 17.6 Å². The summed E-state index contributed by atoms with van der Waals surface area (Å²) in [5.41, 5.74) is 6.45. The second-order valence-electron chi connectivity index (χ2n) is 5.79. The summed E-state index contributed by atoms with van der Waals surface area (Å²) in [4.78, 5) is 2.28. The minimum absolute atomic E-state index is 0.126. The van der Waals surface area contributed by atoms with Crippen molar-refractivity contribution >= 4 is 11.6 Å². The molecule has 1 fully saturated rings. The zero-order valence-corrected chi connectivity index (χ0v) is 12.3. The van der Waals surface area contributed by atoms with Gasteiger partial charge in [0.2, 0.25) is 0 Å². The number of nitrogens with two attached hydrogens (primary N) is 1. The molecule has 0 bridgehead atoms. The van der Waals surface area contributed by atoms with Crippen molar-refractivity contribution in [1.82, 2.24) is 4.90 Å². The Morgan fingerprint density at radius 3 is 2.53 bits per heavy atom. The Labute approximate surface area is 119 Å². The molecule has 1 unspecified atom stereocenters. The van der Waals surface area contributed by atoms with Gasteiger partial charge in [0.05, 0.1) is 6.04 Å². The first-order valence-corrected chi connectivity index (χ1v) is 7.28. The number of likely N-dealkylation sites (tertiary alicyclic amines) is 1. The van der Waals surface area contributed by atoms with E-state index in [9.17, 15) is 4.39 Å². The Balaban J connectivity index is 2.29. The van der Waals surface area contributed by atoms with Crippen LogP contribution in [0.25, 0.3) is 0 Å². The Morgan fingerprint density at radius 1 is 1.37 bits per heavy atom. The molecular weight excluding hydrogens is 263 g/mol. The van der Waals surface area contributed by atoms with E-state index in [-0.39, 0.29) is 11.9 Å². The highest BCUT2D eigenvalue weighted by Crippen LogP contribution is 2.33. The molecule has 4 heteroatoms. The van der Waals surface area contributed by atoms with Crippen LogP contribution in [0.2, 0.25) is 5.02 Å². The minimum atomic E-state index is -0.256. The molecule has 0 radical (unpaired) electrons. The quantitative estimate of drug-likeness (QED) is 0.921. The molecule has 0 spiro atoms. The Bertz CT molecular complexity index is 408. The van der Waals surface area contributed by atoms with Crippen LogP contribution >= 0.6 is 11.6 Å². The van der Waals surface area contributed by atoms with Crippen molar-refractivity contribution in [2.75, 3.05) is 19.6 Å². The molecule has 106 valence electrons. The fourth-order valence-corrected chi connectivity index (χ4v) is 3.53. The van der Waals surface area contributed by atoms with E-state index in [4.69, 9.17) is 17.3 Å². The molecule has 2 nitrogen and oxygen atoms in total. The van der Waals surface area contributed by atoms with Crippen LogP contribution in [0.5, 0.6) is 0 Å². The standard InChI is InChI=1S/C15H22ClFN2/c1-10-6-11(2)9-19(8-10)14(7-18)15-12(16)4-3-5-13(15)17/h3-5,10-11,14H,6-9,18H2,1-2H3/t10-,11+,14?. The van der Waals surface area contributed by atoms with Crippen LogP contribution in [0, 0.1) is 17.7 Å². The Morgan fingerprint density at radius 2 is 2.00 bits per heavy atom. The van der Waals surface area contributed by atoms with Gasteiger partial charge in [-0.15, -0.1) is 0 Å². The maximum Gasteiger partial charge on any atom is 0.129 e. The zero-order valence-electron chi connectivity index (χ0n) is 11.6. The predicted octanol–water partition coefficient (Wildman–Crippen LogP) is 3.46. The third kappa shape index (κ3) is 3.28. The van der Waals surface area contributed by atoms with Gasteiger partial charge in [0.1, 0.15) is 5.82 Å². The lowest BCUT2D eigenvalue weighted by Crippen LogP contribution is -2.43. The van der Waals surface area contributed by atoms with Crippen LogP contribution in [0.3, 0.4) is 0 Å². The van der Waals surface area contributed by atoms with Crippen molar-refractivity contribution in [3.05, 3.63) is 34.6 Å². The number of halogens is 2. The van der Waals surface area contributed by atoms with Crippen molar-refractivity contribution in [1.29, 1.82) is 0 Å². The minimum Gasteiger partial charge on any atom is -0.329 e. The maximum atomic E-state index is 14.1. The highest BCUT2D eigenvalue weighted by Gasteiger charge is 2.30. The molecule has 0 saturated carbocycles. The van der Waals surface area contributed by atoms with Gasteiger partial charge in [-0.3, -0.25) is 4.90 Å². The maximum absolute atomic E-state index is 14.1. The SMILES string of the molecule is C[C@@H]1C[C@H](C)CN(C(CN)c2c(F)cccc2Cl)C1. The molecule has 2 N–H and O–H groups in total. The van der Waals surface area contributed by atoms with E-state index in [1.165, 1.54) is 12.5 Å². The van der Waals surface area contributed by atoms with Gasteiger partial charge in [-0.25, -0.2) is 4.39 Å². The molecule has 1 saturated heterocycles. The molecule has 0 aliphatic carbocycles. The lowest BCUT2D eigenvalue weighted by molar-refractivity contribution is 0.0967. The molecule has 1 aliphatic rings. The molecule has 0 aromatic heterocycles. The molecule has 1 aliphatic heterocycles. The average molecular weight is 285 g/mol. The summed E-state index contributed by atoms with van der Waals surface area (Å²) in [5, 5.41) is 0.473. The van der Waals surface area contributed by atoms with E-state index >= 15 is 0 Å². The molecular formula is C15H22ClFN2. The summed E-state index contributed by atoms with van der Waals surface area (Å²) < 4.78 is 14.1. The van der Waals surface area contributed by atoms with Crippen molar-refractivity contribution in [3.63, 3.8) is 0 Å². The first kappa shape index (κ1) is 14.8. The van der Waals surface area contributed by atoms with E-state index in [1.807, 2.05) is 0 Å². The van der Waals surface area contributed by atoms with Crippen LogP contribution in [-0.2, 0) is 0 Å². The van der Waals surface area contributed by atoms with E-state index < -0.39 is 0 Å². The van der Waals surface area contributed by atoms with Gasteiger partial charge >= 0.3 is 0 Å². The summed E-state index contributed by atoms with van der Waals surface area (Å²) in [6.07, 6.45) is 1.22. The van der Waals surface area contributed by atoms with Gasteiger partial charge < -0.3 is 5.73 Å². The molecule has 2 rings (SSSR count). The van der Waals surface area contributed by atoms with E-state index in [0.717, 1.165) is 13.1 Å². The highest BCUT2D eigenvalue weighted by atomic mass is 35.5. The number of piperidine rings is 1. The summed E-state index contributed by atoms with van der Waals surface area (Å²) in [6, 6.07) is 4.70. The van der Waals surface area contributed by atoms with Crippen LogP contribution in [-0.4, -0.2) is 24.5 Å². The largest absolute Gasteiger partial charge is 0.329 e. The van der Waals surface area contributed by atoms with Crippen LogP contribution < -0.4 is 5.73 Å². The number of rotatable bonds is 3. The van der Waals surface area contributed by atoms with Gasteiger partial charge in [-0.2, -0.15) is 0 Å². The molecule has 19 heavy (non-hydrogen) atoms. The summed E-state index contributed by atoms with van der Waals surface area (Å²) in [6.45, 7) is 6.77. The fraction of sp³-hybridized carbons (Fsp3) is 0.600. The second-order valence-corrected chi connectivity index (χ2v) is 6.19. The van der Waals surface area contributed by atoms with Gasteiger partial charge in [0.25, 0.3) is 0 Å². The fourth-order valence-electron chi connectivity index (χ4n) is 3.24. The number of hydrogen-bond donors (Lipinski definition) is 1. The predicted molar refractivity (Wildman–Crippen MR) is 77.7 cm³/mol. The first-order valence-electron chi connectivity index (χ1n) is 6.91. The lowest BCUT2D eigenvalue weighted by Gasteiger charge is -2.40.